The van der Waals surface area contributed by atoms with Gasteiger partial charge in [-0.2, -0.15) is 0 Å². The molecule has 1 saturated carbocycles. The number of carboxylic acids is 1. The van der Waals surface area contributed by atoms with Crippen molar-refractivity contribution in [2.75, 3.05) is 0 Å². The molecule has 1 N–H and O–H groups in total. The minimum Gasteiger partial charge on any atom is -0.760 e. The average Bonchev–Trinajstić information content (AvgIpc) is 2.28. The van der Waals surface area contributed by atoms with Gasteiger partial charge in [0.1, 0.15) is 6.04 Å². The topological polar surface area (TPSA) is 80.7 Å². The summed E-state index contributed by atoms with van der Waals surface area (Å²) in [6.07, 6.45) is 4.97. The van der Waals surface area contributed by atoms with Gasteiger partial charge < -0.3 is 9.66 Å². The summed E-state index contributed by atoms with van der Waals surface area (Å²) in [6, 6.07) is -1.07. The molecule has 18 heavy (non-hydrogen) atoms. The first-order chi connectivity index (χ1) is 8.43. The maximum atomic E-state index is 11.4. The molecule has 0 heterocycles. The van der Waals surface area contributed by atoms with Gasteiger partial charge in [0, 0.05) is 17.3 Å². The van der Waals surface area contributed by atoms with Crippen LogP contribution in [0.25, 0.3) is 0 Å². The highest BCUT2D eigenvalue weighted by atomic mass is 32.2. The predicted molar refractivity (Wildman–Crippen MR) is 68.5 cm³/mol. The average molecular weight is 276 g/mol. The molecule has 0 spiro atoms. The Balaban J connectivity index is 2.85. The van der Waals surface area contributed by atoms with Crippen LogP contribution in [0.4, 0.5) is 0 Å². The van der Waals surface area contributed by atoms with E-state index in [1.54, 1.807) is 0 Å². The van der Waals surface area contributed by atoms with Crippen LogP contribution in [0.15, 0.2) is 0 Å². The second kappa shape index (κ2) is 7.21. The first kappa shape index (κ1) is 15.6. The van der Waals surface area contributed by atoms with Crippen LogP contribution in [0.5, 0.6) is 0 Å². The summed E-state index contributed by atoms with van der Waals surface area (Å²) in [7, 11) is 0. The molecule has 6 heteroatoms. The van der Waals surface area contributed by atoms with Crippen LogP contribution < -0.4 is 0 Å². The van der Waals surface area contributed by atoms with Gasteiger partial charge in [-0.15, -0.1) is 0 Å². The Hall–Kier alpha value is -0.460. The van der Waals surface area contributed by atoms with E-state index in [1.807, 2.05) is 13.8 Å². The van der Waals surface area contributed by atoms with E-state index < -0.39 is 23.3 Å². The fourth-order valence-electron chi connectivity index (χ4n) is 2.58. The van der Waals surface area contributed by atoms with Gasteiger partial charge in [-0.1, -0.05) is 33.1 Å². The Morgan fingerprint density at radius 2 is 1.94 bits per heavy atom. The van der Waals surface area contributed by atoms with Crippen LogP contribution in [-0.2, 0) is 16.1 Å². The Kier molecular flexibility index (Phi) is 6.25. The number of carbonyl (C=O) groups is 1. The molecule has 1 fully saturated rings. The van der Waals surface area contributed by atoms with Gasteiger partial charge in [0.15, 0.2) is 0 Å². The van der Waals surface area contributed by atoms with Crippen LogP contribution in [-0.4, -0.2) is 36.2 Å². The summed E-state index contributed by atoms with van der Waals surface area (Å²) in [5.74, 6) is -0.890. The lowest BCUT2D eigenvalue weighted by molar-refractivity contribution is -0.142. The number of hydrogen-bond donors (Lipinski definition) is 1. The van der Waals surface area contributed by atoms with Crippen molar-refractivity contribution < 1.29 is 18.7 Å². The van der Waals surface area contributed by atoms with E-state index in [4.69, 9.17) is 0 Å². The van der Waals surface area contributed by atoms with Crippen molar-refractivity contribution >= 4 is 17.2 Å². The van der Waals surface area contributed by atoms with Crippen LogP contribution in [0, 0.1) is 5.92 Å². The van der Waals surface area contributed by atoms with Crippen molar-refractivity contribution in [1.82, 2.24) is 4.31 Å². The number of hydrogen-bond acceptors (Lipinski definition) is 3. The lowest BCUT2D eigenvalue weighted by Gasteiger charge is -2.39. The van der Waals surface area contributed by atoms with E-state index in [9.17, 15) is 18.7 Å². The van der Waals surface area contributed by atoms with Crippen molar-refractivity contribution in [1.29, 1.82) is 0 Å². The highest BCUT2D eigenvalue weighted by Gasteiger charge is 2.33. The highest BCUT2D eigenvalue weighted by Crippen LogP contribution is 2.27. The Morgan fingerprint density at radius 1 is 1.39 bits per heavy atom. The fraction of sp³-hybridized carbons (Fsp3) is 0.917. The SMILES string of the molecule is CC(C)C[C@@H](C(=O)O)N(C1CCCCC1)S(=O)[O-]. The fourth-order valence-corrected chi connectivity index (χ4v) is 3.41. The summed E-state index contributed by atoms with van der Waals surface area (Å²) in [4.78, 5) is 11.3. The smallest absolute Gasteiger partial charge is 0.321 e. The zero-order chi connectivity index (χ0) is 13.7. The summed E-state index contributed by atoms with van der Waals surface area (Å²) in [6.45, 7) is 3.81. The molecule has 0 aromatic heterocycles. The van der Waals surface area contributed by atoms with Gasteiger partial charge in [-0.25, -0.2) is 4.31 Å². The van der Waals surface area contributed by atoms with Crippen molar-refractivity contribution in [2.24, 2.45) is 5.92 Å². The monoisotopic (exact) mass is 276 g/mol. The molecule has 0 bridgehead atoms. The molecular formula is C12H22NO4S-. The van der Waals surface area contributed by atoms with Crippen molar-refractivity contribution in [3.8, 4) is 0 Å². The number of aliphatic carboxylic acids is 1. The number of rotatable bonds is 6. The van der Waals surface area contributed by atoms with E-state index in [0.717, 1.165) is 32.1 Å². The predicted octanol–water partition coefficient (Wildman–Crippen LogP) is 1.91. The highest BCUT2D eigenvalue weighted by molar-refractivity contribution is 7.76. The third-order valence-electron chi connectivity index (χ3n) is 3.39. The van der Waals surface area contributed by atoms with Crippen LogP contribution >= 0.6 is 0 Å². The molecule has 0 amide bonds. The first-order valence-corrected chi connectivity index (χ1v) is 7.57. The van der Waals surface area contributed by atoms with Crippen LogP contribution in [0.3, 0.4) is 0 Å². The third-order valence-corrected chi connectivity index (χ3v) is 4.29. The summed E-state index contributed by atoms with van der Waals surface area (Å²) >= 11 is -2.47. The molecule has 106 valence electrons. The molecule has 1 rings (SSSR count). The van der Waals surface area contributed by atoms with Gasteiger partial charge in [-0.05, 0) is 25.2 Å². The van der Waals surface area contributed by atoms with E-state index in [1.165, 1.54) is 4.31 Å². The zero-order valence-corrected chi connectivity index (χ0v) is 11.8. The quantitative estimate of drug-likeness (QED) is 0.751. The minimum atomic E-state index is -2.47. The first-order valence-electron chi connectivity index (χ1n) is 6.54. The third kappa shape index (κ3) is 4.33. The largest absolute Gasteiger partial charge is 0.760 e. The molecule has 5 nitrogen and oxygen atoms in total. The van der Waals surface area contributed by atoms with Gasteiger partial charge in [-0.3, -0.25) is 9.00 Å². The molecule has 0 aromatic carbocycles. The second-order valence-corrected chi connectivity index (χ2v) is 6.21. The van der Waals surface area contributed by atoms with Crippen molar-refractivity contribution in [3.63, 3.8) is 0 Å². The van der Waals surface area contributed by atoms with Crippen LogP contribution in [0.1, 0.15) is 52.4 Å². The molecule has 1 aliphatic rings. The zero-order valence-electron chi connectivity index (χ0n) is 11.0. The maximum Gasteiger partial charge on any atom is 0.321 e. The normalized spacial score (nSPS) is 21.2. The molecule has 1 aliphatic carbocycles. The molecule has 0 aliphatic heterocycles. The van der Waals surface area contributed by atoms with Gasteiger partial charge in [0.2, 0.25) is 0 Å². The molecule has 2 atom stereocenters. The standard InChI is InChI=1S/C12H23NO4S/c1-9(2)8-11(12(14)15)13(18(16)17)10-6-4-3-5-7-10/h9-11H,3-8H2,1-2H3,(H,14,15)(H,16,17)/p-1/t11-/m0/s1. The van der Waals surface area contributed by atoms with Crippen LogP contribution in [0.2, 0.25) is 0 Å². The lowest BCUT2D eigenvalue weighted by Crippen LogP contribution is -2.49. The molecular weight excluding hydrogens is 254 g/mol. The van der Waals surface area contributed by atoms with Gasteiger partial charge in [0.05, 0.1) is 0 Å². The van der Waals surface area contributed by atoms with E-state index in [-0.39, 0.29) is 12.0 Å². The molecule has 0 radical (unpaired) electrons. The Bertz CT molecular complexity index is 302. The Morgan fingerprint density at radius 3 is 2.33 bits per heavy atom. The number of nitrogens with zero attached hydrogens (tertiary/aromatic N) is 1. The maximum absolute atomic E-state index is 11.4. The molecule has 0 aromatic rings. The second-order valence-electron chi connectivity index (χ2n) is 5.35. The van der Waals surface area contributed by atoms with Gasteiger partial charge >= 0.3 is 5.97 Å². The van der Waals surface area contributed by atoms with Crippen molar-refractivity contribution in [3.05, 3.63) is 0 Å². The molecule has 1 unspecified atom stereocenters. The van der Waals surface area contributed by atoms with E-state index in [2.05, 4.69) is 0 Å². The van der Waals surface area contributed by atoms with Crippen molar-refractivity contribution in [2.45, 2.75) is 64.5 Å². The van der Waals surface area contributed by atoms with Gasteiger partial charge in [0.25, 0.3) is 0 Å². The minimum absolute atomic E-state index is 0.142. The summed E-state index contributed by atoms with van der Waals surface area (Å²) < 4.78 is 24.0. The summed E-state index contributed by atoms with van der Waals surface area (Å²) in [5.41, 5.74) is 0. The lowest BCUT2D eigenvalue weighted by atomic mass is 9.93. The van der Waals surface area contributed by atoms with E-state index >= 15 is 0 Å². The summed E-state index contributed by atoms with van der Waals surface area (Å²) in [5, 5.41) is 9.26. The number of carboxylic acid groups (broad SMARTS) is 1. The Labute approximate surface area is 111 Å². The molecule has 0 saturated heterocycles. The van der Waals surface area contributed by atoms with E-state index in [0.29, 0.717) is 6.42 Å².